The normalized spacial score (nSPS) is 18.3. The van der Waals surface area contributed by atoms with E-state index in [-0.39, 0.29) is 11.9 Å². The molecule has 1 aliphatic heterocycles. The minimum Gasteiger partial charge on any atom is -0.376 e. The first kappa shape index (κ1) is 22.7. The zero-order chi connectivity index (χ0) is 22.9. The second kappa shape index (κ2) is 9.14. The number of hydrogen-bond acceptors (Lipinski definition) is 3. The smallest absolute Gasteiger partial charge is 0.259 e. The highest BCUT2D eigenvalue weighted by molar-refractivity contribution is 6.33. The Morgan fingerprint density at radius 1 is 1.00 bits per heavy atom. The summed E-state index contributed by atoms with van der Waals surface area (Å²) in [5.41, 5.74) is 2.03. The van der Waals surface area contributed by atoms with Crippen LogP contribution in [0.5, 0.6) is 0 Å². The third kappa shape index (κ3) is 4.49. The van der Waals surface area contributed by atoms with Crippen LogP contribution in [0.2, 0.25) is 10.0 Å². The van der Waals surface area contributed by atoms with E-state index in [0.717, 1.165) is 16.8 Å². The van der Waals surface area contributed by atoms with Gasteiger partial charge in [0.1, 0.15) is 0 Å². The molecule has 1 unspecified atom stereocenters. The number of anilines is 1. The maximum Gasteiger partial charge on any atom is 0.259 e. The first-order chi connectivity index (χ1) is 15.3. The molecule has 3 aromatic rings. The topological polar surface area (TPSA) is 43.8 Å². The molecule has 1 N–H and O–H groups in total. The Morgan fingerprint density at radius 2 is 1.69 bits per heavy atom. The number of aryl methyl sites for hydroxylation is 1. The number of aliphatic hydroxyl groups is 1. The summed E-state index contributed by atoms with van der Waals surface area (Å²) in [4.78, 5) is 17.4. The Morgan fingerprint density at radius 3 is 2.34 bits per heavy atom. The molecule has 0 saturated carbocycles. The van der Waals surface area contributed by atoms with Crippen LogP contribution in [-0.2, 0) is 10.4 Å². The van der Waals surface area contributed by atoms with Crippen LogP contribution in [0.1, 0.15) is 29.7 Å². The fourth-order valence-electron chi connectivity index (χ4n) is 4.26. The van der Waals surface area contributed by atoms with Crippen LogP contribution in [-0.4, -0.2) is 35.5 Å². The van der Waals surface area contributed by atoms with Gasteiger partial charge < -0.3 is 14.9 Å². The highest BCUT2D eigenvalue weighted by atomic mass is 35.5. The van der Waals surface area contributed by atoms with Crippen molar-refractivity contribution in [3.8, 4) is 0 Å². The average molecular weight is 469 g/mol. The molecule has 166 valence electrons. The molecule has 3 aromatic carbocycles. The van der Waals surface area contributed by atoms with Crippen molar-refractivity contribution >= 4 is 34.8 Å². The van der Waals surface area contributed by atoms with Gasteiger partial charge in [-0.25, -0.2) is 0 Å². The summed E-state index contributed by atoms with van der Waals surface area (Å²) in [6, 6.07) is 22.6. The predicted molar refractivity (Wildman–Crippen MR) is 130 cm³/mol. The number of rotatable bonds is 4. The summed E-state index contributed by atoms with van der Waals surface area (Å²) in [6.45, 7) is 5.07. The van der Waals surface area contributed by atoms with Crippen molar-refractivity contribution in [2.45, 2.75) is 25.5 Å². The summed E-state index contributed by atoms with van der Waals surface area (Å²) in [5.74, 6) is -0.308. The molecule has 0 bridgehead atoms. The van der Waals surface area contributed by atoms with E-state index in [1.54, 1.807) is 24.0 Å². The Balaban J connectivity index is 1.67. The third-order valence-corrected chi connectivity index (χ3v) is 6.64. The minimum atomic E-state index is -1.60. The van der Waals surface area contributed by atoms with E-state index in [0.29, 0.717) is 35.2 Å². The zero-order valence-corrected chi connectivity index (χ0v) is 19.6. The van der Waals surface area contributed by atoms with E-state index >= 15 is 0 Å². The van der Waals surface area contributed by atoms with Crippen LogP contribution in [0.3, 0.4) is 0 Å². The van der Waals surface area contributed by atoms with Crippen LogP contribution in [0.15, 0.2) is 72.8 Å². The van der Waals surface area contributed by atoms with Crippen LogP contribution in [0.25, 0.3) is 0 Å². The number of piperazine rings is 1. The van der Waals surface area contributed by atoms with Gasteiger partial charge >= 0.3 is 0 Å². The van der Waals surface area contributed by atoms with Gasteiger partial charge in [-0.1, -0.05) is 71.7 Å². The summed E-state index contributed by atoms with van der Waals surface area (Å²) in [5, 5.41) is 12.5. The molecule has 0 spiro atoms. The lowest BCUT2D eigenvalue weighted by atomic mass is 9.93. The molecule has 4 nitrogen and oxygen atoms in total. The summed E-state index contributed by atoms with van der Waals surface area (Å²) in [6.07, 6.45) is 0. The predicted octanol–water partition coefficient (Wildman–Crippen LogP) is 5.60. The first-order valence-corrected chi connectivity index (χ1v) is 11.4. The first-order valence-electron chi connectivity index (χ1n) is 10.6. The van der Waals surface area contributed by atoms with E-state index in [9.17, 15) is 9.90 Å². The lowest BCUT2D eigenvalue weighted by Crippen LogP contribution is -2.55. The molecule has 1 fully saturated rings. The number of halogens is 2. The average Bonchev–Trinajstić information content (AvgIpc) is 2.79. The van der Waals surface area contributed by atoms with Crippen molar-refractivity contribution in [1.82, 2.24) is 4.90 Å². The maximum absolute atomic E-state index is 13.4. The van der Waals surface area contributed by atoms with Crippen molar-refractivity contribution < 1.29 is 9.90 Å². The second-order valence-corrected chi connectivity index (χ2v) is 9.25. The van der Waals surface area contributed by atoms with Crippen LogP contribution in [0.4, 0.5) is 5.69 Å². The van der Waals surface area contributed by atoms with Gasteiger partial charge in [-0.15, -0.1) is 0 Å². The molecule has 4 rings (SSSR count). The van der Waals surface area contributed by atoms with Crippen LogP contribution in [0, 0.1) is 6.92 Å². The van der Waals surface area contributed by atoms with Crippen molar-refractivity contribution in [3.63, 3.8) is 0 Å². The largest absolute Gasteiger partial charge is 0.376 e. The Bertz CT molecular complexity index is 1100. The quantitative estimate of drug-likeness (QED) is 0.541. The molecule has 2 atom stereocenters. The standard InChI is InChI=1S/C26H26Cl2N2O2/c1-18-8-13-23(22(28)16-18)30-15-14-29(17-24(30)19-9-11-21(27)12-10-19)25(31)26(2,32)20-6-4-3-5-7-20/h3-13,16,24,32H,14-15,17H2,1-2H3/t24?,26-/m1/s1. The Labute approximate surface area is 199 Å². The van der Waals surface area contributed by atoms with E-state index in [2.05, 4.69) is 4.90 Å². The molecular formula is C26H26Cl2N2O2. The number of carbonyl (C=O) groups is 1. The van der Waals surface area contributed by atoms with Crippen molar-refractivity contribution in [3.05, 3.63) is 99.5 Å². The molecule has 0 radical (unpaired) electrons. The van der Waals surface area contributed by atoms with Gasteiger partial charge in [-0.3, -0.25) is 4.79 Å². The van der Waals surface area contributed by atoms with Crippen molar-refractivity contribution in [2.75, 3.05) is 24.5 Å². The van der Waals surface area contributed by atoms with E-state index in [1.807, 2.05) is 67.6 Å². The molecule has 1 heterocycles. The van der Waals surface area contributed by atoms with Gasteiger partial charge in [-0.05, 0) is 54.8 Å². The van der Waals surface area contributed by atoms with Crippen LogP contribution >= 0.6 is 23.2 Å². The molecule has 0 aliphatic carbocycles. The summed E-state index contributed by atoms with van der Waals surface area (Å²) in [7, 11) is 0. The molecule has 1 saturated heterocycles. The molecule has 6 heteroatoms. The molecular weight excluding hydrogens is 443 g/mol. The van der Waals surface area contributed by atoms with E-state index < -0.39 is 5.60 Å². The van der Waals surface area contributed by atoms with E-state index in [4.69, 9.17) is 23.2 Å². The fraction of sp³-hybridized carbons (Fsp3) is 0.269. The SMILES string of the molecule is Cc1ccc(N2CCN(C(=O)[C@](C)(O)c3ccccc3)CC2c2ccc(Cl)cc2)c(Cl)c1. The monoisotopic (exact) mass is 468 g/mol. The lowest BCUT2D eigenvalue weighted by molar-refractivity contribution is -0.151. The van der Waals surface area contributed by atoms with Gasteiger partial charge in [0, 0.05) is 24.7 Å². The number of carbonyl (C=O) groups excluding carboxylic acids is 1. The number of hydrogen-bond donors (Lipinski definition) is 1. The molecule has 32 heavy (non-hydrogen) atoms. The van der Waals surface area contributed by atoms with Crippen molar-refractivity contribution in [1.29, 1.82) is 0 Å². The molecule has 1 aliphatic rings. The number of amides is 1. The van der Waals surface area contributed by atoms with Crippen molar-refractivity contribution in [2.24, 2.45) is 0 Å². The summed E-state index contributed by atoms with van der Waals surface area (Å²) >= 11 is 12.7. The van der Waals surface area contributed by atoms with Gasteiger partial charge in [-0.2, -0.15) is 0 Å². The third-order valence-electron chi connectivity index (χ3n) is 6.09. The highest BCUT2D eigenvalue weighted by Crippen LogP contribution is 2.37. The number of nitrogens with zero attached hydrogens (tertiary/aromatic N) is 2. The van der Waals surface area contributed by atoms with E-state index in [1.165, 1.54) is 0 Å². The van der Waals surface area contributed by atoms with Gasteiger partial charge in [0.25, 0.3) is 5.91 Å². The van der Waals surface area contributed by atoms with Gasteiger partial charge in [0.05, 0.1) is 16.8 Å². The summed E-state index contributed by atoms with van der Waals surface area (Å²) < 4.78 is 0. The van der Waals surface area contributed by atoms with Crippen LogP contribution < -0.4 is 4.90 Å². The Kier molecular flexibility index (Phi) is 6.47. The molecule has 1 amide bonds. The zero-order valence-electron chi connectivity index (χ0n) is 18.1. The minimum absolute atomic E-state index is 0.128. The highest BCUT2D eigenvalue weighted by Gasteiger charge is 2.40. The second-order valence-electron chi connectivity index (χ2n) is 8.41. The fourth-order valence-corrected chi connectivity index (χ4v) is 4.73. The lowest BCUT2D eigenvalue weighted by Gasteiger charge is -2.45. The molecule has 0 aromatic heterocycles. The van der Waals surface area contributed by atoms with Gasteiger partial charge in [0.2, 0.25) is 0 Å². The Hall–Kier alpha value is -2.53. The maximum atomic E-state index is 13.4. The van der Waals surface area contributed by atoms with Gasteiger partial charge in [0.15, 0.2) is 5.60 Å². The number of benzene rings is 3.